The van der Waals surface area contributed by atoms with Crippen LogP contribution in [0.25, 0.3) is 6.08 Å². The number of benzene rings is 2. The van der Waals surface area contributed by atoms with E-state index >= 15 is 0 Å². The number of aliphatic carboxylic acids is 1. The van der Waals surface area contributed by atoms with Gasteiger partial charge in [0, 0.05) is 20.9 Å². The lowest BCUT2D eigenvalue weighted by Crippen LogP contribution is -1.88. The van der Waals surface area contributed by atoms with Crippen LogP contribution in [0.3, 0.4) is 0 Å². The topological polar surface area (TPSA) is 37.3 Å². The van der Waals surface area contributed by atoms with Crippen molar-refractivity contribution >= 4 is 35.4 Å². The second kappa shape index (κ2) is 6.78. The maximum atomic E-state index is 12.9. The Morgan fingerprint density at radius 2 is 1.95 bits per heavy atom. The van der Waals surface area contributed by atoms with Crippen LogP contribution in [0, 0.1) is 12.7 Å². The number of carbonyl (C=O) groups is 1. The van der Waals surface area contributed by atoms with Crippen molar-refractivity contribution in [2.75, 3.05) is 0 Å². The Bertz CT molecular complexity index is 696. The summed E-state index contributed by atoms with van der Waals surface area (Å²) in [6, 6.07) is 9.82. The molecule has 0 aromatic heterocycles. The highest BCUT2D eigenvalue weighted by Gasteiger charge is 2.06. The Labute approximate surface area is 131 Å². The Hall–Kier alpha value is -1.78. The van der Waals surface area contributed by atoms with E-state index in [4.69, 9.17) is 16.7 Å². The van der Waals surface area contributed by atoms with Crippen LogP contribution in [0.1, 0.15) is 11.1 Å². The molecular formula is C16H12ClFO2S. The lowest BCUT2D eigenvalue weighted by Gasteiger charge is -2.08. The fourth-order valence-corrected chi connectivity index (χ4v) is 2.93. The first-order chi connectivity index (χ1) is 9.95. The number of hydrogen-bond donors (Lipinski definition) is 1. The van der Waals surface area contributed by atoms with E-state index in [9.17, 15) is 9.18 Å². The summed E-state index contributed by atoms with van der Waals surface area (Å²) >= 11 is 7.64. The fraction of sp³-hybridized carbons (Fsp3) is 0.0625. The van der Waals surface area contributed by atoms with Gasteiger partial charge in [-0.05, 0) is 60.5 Å². The van der Waals surface area contributed by atoms with Gasteiger partial charge >= 0.3 is 5.97 Å². The Morgan fingerprint density at radius 1 is 1.29 bits per heavy atom. The van der Waals surface area contributed by atoms with Crippen LogP contribution in [0.4, 0.5) is 4.39 Å². The first kappa shape index (κ1) is 15.6. The monoisotopic (exact) mass is 322 g/mol. The van der Waals surface area contributed by atoms with Crippen LogP contribution in [-0.2, 0) is 4.79 Å². The molecule has 21 heavy (non-hydrogen) atoms. The summed E-state index contributed by atoms with van der Waals surface area (Å²) in [5.41, 5.74) is 1.62. The second-order valence-corrected chi connectivity index (χ2v) is 5.89. The predicted octanol–water partition coefficient (Wildman–Crippen LogP) is 5.04. The standard InChI is InChI=1S/C16H12ClFO2S/c1-10-8-11(2-7-16(19)20)14(17)9-15(10)21-13-5-3-12(18)4-6-13/h2-9H,1H3,(H,19,20)/b7-2+. The molecule has 2 nitrogen and oxygen atoms in total. The third kappa shape index (κ3) is 4.34. The molecule has 2 rings (SSSR count). The molecule has 0 fully saturated rings. The smallest absolute Gasteiger partial charge is 0.328 e. The van der Waals surface area contributed by atoms with Gasteiger partial charge in [0.25, 0.3) is 0 Å². The van der Waals surface area contributed by atoms with Crippen molar-refractivity contribution in [2.45, 2.75) is 16.7 Å². The summed E-state index contributed by atoms with van der Waals surface area (Å²) in [5, 5.41) is 9.12. The van der Waals surface area contributed by atoms with Crippen LogP contribution < -0.4 is 0 Å². The number of hydrogen-bond acceptors (Lipinski definition) is 2. The minimum Gasteiger partial charge on any atom is -0.478 e. The highest BCUT2D eigenvalue weighted by Crippen LogP contribution is 2.34. The third-order valence-corrected chi connectivity index (χ3v) is 4.24. The van der Waals surface area contributed by atoms with Crippen LogP contribution in [0.2, 0.25) is 5.02 Å². The Morgan fingerprint density at radius 3 is 2.57 bits per heavy atom. The normalized spacial score (nSPS) is 11.0. The van der Waals surface area contributed by atoms with Crippen molar-refractivity contribution in [1.29, 1.82) is 0 Å². The minimum absolute atomic E-state index is 0.275. The predicted molar refractivity (Wildman–Crippen MR) is 83.4 cm³/mol. The summed E-state index contributed by atoms with van der Waals surface area (Å²) in [4.78, 5) is 12.4. The van der Waals surface area contributed by atoms with Gasteiger partial charge in [0.15, 0.2) is 0 Å². The Kier molecular flexibility index (Phi) is 5.04. The summed E-state index contributed by atoms with van der Waals surface area (Å²) < 4.78 is 12.9. The minimum atomic E-state index is -1.02. The zero-order valence-corrected chi connectivity index (χ0v) is 12.7. The highest BCUT2D eigenvalue weighted by molar-refractivity contribution is 7.99. The van der Waals surface area contributed by atoms with Gasteiger partial charge in [0.1, 0.15) is 5.82 Å². The van der Waals surface area contributed by atoms with E-state index in [1.54, 1.807) is 18.2 Å². The molecule has 0 amide bonds. The van der Waals surface area contributed by atoms with Crippen molar-refractivity contribution < 1.29 is 14.3 Å². The van der Waals surface area contributed by atoms with Gasteiger partial charge in [-0.25, -0.2) is 9.18 Å². The molecule has 1 N–H and O–H groups in total. The molecule has 108 valence electrons. The van der Waals surface area contributed by atoms with Crippen molar-refractivity contribution in [1.82, 2.24) is 0 Å². The molecule has 0 aliphatic heterocycles. The van der Waals surface area contributed by atoms with Crippen molar-refractivity contribution in [3.05, 3.63) is 64.4 Å². The maximum Gasteiger partial charge on any atom is 0.328 e. The first-order valence-electron chi connectivity index (χ1n) is 6.10. The first-order valence-corrected chi connectivity index (χ1v) is 7.30. The molecule has 0 aliphatic carbocycles. The number of carboxylic acids is 1. The van der Waals surface area contributed by atoms with E-state index in [0.29, 0.717) is 10.6 Å². The average molecular weight is 323 g/mol. The summed E-state index contributed by atoms with van der Waals surface area (Å²) in [6.07, 6.45) is 2.51. The summed E-state index contributed by atoms with van der Waals surface area (Å²) in [7, 11) is 0. The summed E-state index contributed by atoms with van der Waals surface area (Å²) in [5.74, 6) is -1.29. The second-order valence-electron chi connectivity index (χ2n) is 4.37. The number of halogens is 2. The molecule has 0 aliphatic rings. The van der Waals surface area contributed by atoms with Crippen LogP contribution in [0.5, 0.6) is 0 Å². The molecular weight excluding hydrogens is 311 g/mol. The molecule has 0 atom stereocenters. The van der Waals surface area contributed by atoms with E-state index in [-0.39, 0.29) is 5.82 Å². The number of carboxylic acid groups (broad SMARTS) is 1. The zero-order chi connectivity index (χ0) is 15.4. The van der Waals surface area contributed by atoms with E-state index in [1.807, 2.05) is 13.0 Å². The molecule has 0 saturated heterocycles. The number of rotatable bonds is 4. The molecule has 0 unspecified atom stereocenters. The average Bonchev–Trinajstić information content (AvgIpc) is 2.43. The quantitative estimate of drug-likeness (QED) is 0.801. The molecule has 2 aromatic rings. The SMILES string of the molecule is Cc1cc(/C=C/C(=O)O)c(Cl)cc1Sc1ccc(F)cc1. The Balaban J connectivity index is 2.27. The molecule has 5 heteroatoms. The van der Waals surface area contributed by atoms with Gasteiger partial charge < -0.3 is 5.11 Å². The summed E-state index contributed by atoms with van der Waals surface area (Å²) in [6.45, 7) is 1.92. The van der Waals surface area contributed by atoms with E-state index in [1.165, 1.54) is 30.0 Å². The lowest BCUT2D eigenvalue weighted by atomic mass is 10.1. The van der Waals surface area contributed by atoms with Crippen LogP contribution >= 0.6 is 23.4 Å². The molecule has 0 spiro atoms. The van der Waals surface area contributed by atoms with Gasteiger partial charge in [-0.2, -0.15) is 0 Å². The molecule has 0 bridgehead atoms. The van der Waals surface area contributed by atoms with E-state index in [0.717, 1.165) is 21.4 Å². The number of aryl methyl sites for hydroxylation is 1. The van der Waals surface area contributed by atoms with Crippen LogP contribution in [-0.4, -0.2) is 11.1 Å². The van der Waals surface area contributed by atoms with Gasteiger partial charge in [0.2, 0.25) is 0 Å². The molecule has 0 heterocycles. The maximum absolute atomic E-state index is 12.9. The lowest BCUT2D eigenvalue weighted by molar-refractivity contribution is -0.131. The van der Waals surface area contributed by atoms with E-state index in [2.05, 4.69) is 0 Å². The van der Waals surface area contributed by atoms with Gasteiger partial charge in [-0.3, -0.25) is 0 Å². The van der Waals surface area contributed by atoms with Crippen LogP contribution in [0.15, 0.2) is 52.3 Å². The van der Waals surface area contributed by atoms with Gasteiger partial charge in [-0.15, -0.1) is 0 Å². The van der Waals surface area contributed by atoms with E-state index < -0.39 is 5.97 Å². The fourth-order valence-electron chi connectivity index (χ4n) is 1.71. The molecule has 2 aromatic carbocycles. The van der Waals surface area contributed by atoms with Gasteiger partial charge in [0.05, 0.1) is 0 Å². The highest BCUT2D eigenvalue weighted by atomic mass is 35.5. The molecule has 0 saturated carbocycles. The largest absolute Gasteiger partial charge is 0.478 e. The van der Waals surface area contributed by atoms with Crippen molar-refractivity contribution in [2.24, 2.45) is 0 Å². The van der Waals surface area contributed by atoms with Crippen molar-refractivity contribution in [3.63, 3.8) is 0 Å². The molecule has 0 radical (unpaired) electrons. The zero-order valence-electron chi connectivity index (χ0n) is 11.1. The van der Waals surface area contributed by atoms with Crippen molar-refractivity contribution in [3.8, 4) is 0 Å². The van der Waals surface area contributed by atoms with Gasteiger partial charge in [-0.1, -0.05) is 23.4 Å². The third-order valence-electron chi connectivity index (χ3n) is 2.74.